The van der Waals surface area contributed by atoms with Crippen molar-refractivity contribution in [1.82, 2.24) is 25.4 Å². The van der Waals surface area contributed by atoms with Crippen LogP contribution in [0.3, 0.4) is 0 Å². The molecule has 0 aromatic carbocycles. The van der Waals surface area contributed by atoms with Crippen molar-refractivity contribution in [3.05, 3.63) is 12.2 Å². The summed E-state index contributed by atoms with van der Waals surface area (Å²) in [4.78, 5) is 4.75. The molecule has 1 saturated carbocycles. The molecule has 1 heterocycles. The molecular formula is C18H35IN6. The molecule has 25 heavy (non-hydrogen) atoms. The number of hydrogen-bond donors (Lipinski definition) is 2. The SMILES string of the molecule is CCc1nncn1CCNC(=NCC(C)C)NC1CCC(C)CC1.I. The van der Waals surface area contributed by atoms with E-state index in [1.807, 2.05) is 0 Å². The fraction of sp³-hybridized carbons (Fsp3) is 0.833. The van der Waals surface area contributed by atoms with Crippen molar-refractivity contribution in [3.63, 3.8) is 0 Å². The molecule has 1 aliphatic rings. The van der Waals surface area contributed by atoms with E-state index in [0.717, 1.165) is 43.8 Å². The average molecular weight is 462 g/mol. The Morgan fingerprint density at radius 2 is 2.04 bits per heavy atom. The highest BCUT2D eigenvalue weighted by Crippen LogP contribution is 2.23. The largest absolute Gasteiger partial charge is 0.355 e. The normalized spacial score (nSPS) is 21.1. The van der Waals surface area contributed by atoms with E-state index in [-0.39, 0.29) is 24.0 Å². The summed E-state index contributed by atoms with van der Waals surface area (Å²) in [5.74, 6) is 3.42. The van der Waals surface area contributed by atoms with E-state index in [2.05, 4.69) is 53.1 Å². The van der Waals surface area contributed by atoms with Gasteiger partial charge in [-0.05, 0) is 37.5 Å². The Balaban J connectivity index is 0.00000312. The maximum atomic E-state index is 4.75. The van der Waals surface area contributed by atoms with Gasteiger partial charge in [0.15, 0.2) is 5.96 Å². The van der Waals surface area contributed by atoms with Gasteiger partial charge >= 0.3 is 0 Å². The van der Waals surface area contributed by atoms with E-state index in [1.165, 1.54) is 25.7 Å². The van der Waals surface area contributed by atoms with Crippen LogP contribution in [0.5, 0.6) is 0 Å². The Bertz CT molecular complexity index is 505. The lowest BCUT2D eigenvalue weighted by Gasteiger charge is -2.28. The second-order valence-corrected chi connectivity index (χ2v) is 7.41. The average Bonchev–Trinajstić information content (AvgIpc) is 3.02. The second-order valence-electron chi connectivity index (χ2n) is 7.41. The number of aliphatic imine (C=N–C) groups is 1. The van der Waals surface area contributed by atoms with Crippen LogP contribution in [-0.2, 0) is 13.0 Å². The number of halogens is 1. The Labute approximate surface area is 169 Å². The number of aromatic nitrogens is 3. The fourth-order valence-corrected chi connectivity index (χ4v) is 3.06. The molecule has 0 spiro atoms. The molecule has 1 aliphatic carbocycles. The van der Waals surface area contributed by atoms with Crippen LogP contribution in [0.25, 0.3) is 0 Å². The van der Waals surface area contributed by atoms with Gasteiger partial charge in [0.25, 0.3) is 0 Å². The van der Waals surface area contributed by atoms with Gasteiger partial charge in [0.05, 0.1) is 0 Å². The number of guanidine groups is 1. The number of hydrogen-bond acceptors (Lipinski definition) is 3. The van der Waals surface area contributed by atoms with Gasteiger partial charge < -0.3 is 15.2 Å². The summed E-state index contributed by atoms with van der Waals surface area (Å²) in [6.45, 7) is 11.4. The van der Waals surface area contributed by atoms with Gasteiger partial charge in [-0.15, -0.1) is 34.2 Å². The summed E-state index contributed by atoms with van der Waals surface area (Å²) in [5.41, 5.74) is 0. The predicted octanol–water partition coefficient (Wildman–Crippen LogP) is 3.23. The van der Waals surface area contributed by atoms with E-state index >= 15 is 0 Å². The summed E-state index contributed by atoms with van der Waals surface area (Å²) >= 11 is 0. The molecular weight excluding hydrogens is 427 g/mol. The zero-order valence-corrected chi connectivity index (χ0v) is 18.5. The summed E-state index contributed by atoms with van der Waals surface area (Å²) in [7, 11) is 0. The fourth-order valence-electron chi connectivity index (χ4n) is 3.06. The number of rotatable bonds is 7. The first kappa shape index (κ1) is 22.2. The van der Waals surface area contributed by atoms with Crippen molar-refractivity contribution >= 4 is 29.9 Å². The first-order valence-corrected chi connectivity index (χ1v) is 9.50. The van der Waals surface area contributed by atoms with Crippen LogP contribution < -0.4 is 10.6 Å². The van der Waals surface area contributed by atoms with E-state index in [9.17, 15) is 0 Å². The van der Waals surface area contributed by atoms with Crippen LogP contribution in [-0.4, -0.2) is 39.9 Å². The van der Waals surface area contributed by atoms with Crippen molar-refractivity contribution in [2.45, 2.75) is 72.4 Å². The standard InChI is InChI=1S/C18H34N6.HI/c1-5-17-23-21-13-24(17)11-10-19-18(20-12-14(2)3)22-16-8-6-15(4)7-9-16;/h13-16H,5-12H2,1-4H3,(H2,19,20,22);1H. The molecule has 6 nitrogen and oxygen atoms in total. The van der Waals surface area contributed by atoms with Crippen molar-refractivity contribution < 1.29 is 0 Å². The zero-order chi connectivity index (χ0) is 17.4. The van der Waals surface area contributed by atoms with Crippen molar-refractivity contribution in [1.29, 1.82) is 0 Å². The summed E-state index contributed by atoms with van der Waals surface area (Å²) in [5, 5.41) is 15.2. The van der Waals surface area contributed by atoms with E-state index in [0.29, 0.717) is 12.0 Å². The summed E-state index contributed by atoms with van der Waals surface area (Å²) < 4.78 is 2.11. The Morgan fingerprint density at radius 1 is 1.32 bits per heavy atom. The smallest absolute Gasteiger partial charge is 0.191 e. The van der Waals surface area contributed by atoms with Gasteiger partial charge in [-0.3, -0.25) is 4.99 Å². The zero-order valence-electron chi connectivity index (χ0n) is 16.2. The van der Waals surface area contributed by atoms with E-state index in [1.54, 1.807) is 6.33 Å². The third-order valence-corrected chi connectivity index (χ3v) is 4.63. The topological polar surface area (TPSA) is 67.1 Å². The van der Waals surface area contributed by atoms with Gasteiger partial charge in [-0.2, -0.15) is 0 Å². The Morgan fingerprint density at radius 3 is 2.68 bits per heavy atom. The van der Waals surface area contributed by atoms with Crippen LogP contribution in [0, 0.1) is 11.8 Å². The molecule has 0 saturated heterocycles. The molecule has 144 valence electrons. The number of nitrogens with one attached hydrogen (secondary N) is 2. The lowest BCUT2D eigenvalue weighted by atomic mass is 9.87. The quantitative estimate of drug-likeness (QED) is 0.371. The van der Waals surface area contributed by atoms with Gasteiger partial charge in [0, 0.05) is 32.1 Å². The maximum Gasteiger partial charge on any atom is 0.191 e. The van der Waals surface area contributed by atoms with Crippen LogP contribution >= 0.6 is 24.0 Å². The molecule has 2 N–H and O–H groups in total. The van der Waals surface area contributed by atoms with Crippen molar-refractivity contribution in [2.24, 2.45) is 16.8 Å². The highest BCUT2D eigenvalue weighted by molar-refractivity contribution is 14.0. The molecule has 1 aromatic rings. The molecule has 7 heteroatoms. The molecule has 1 fully saturated rings. The summed E-state index contributed by atoms with van der Waals surface area (Å²) in [6, 6.07) is 0.556. The molecule has 0 amide bonds. The molecule has 0 atom stereocenters. The van der Waals surface area contributed by atoms with Crippen LogP contribution in [0.4, 0.5) is 0 Å². The lowest BCUT2D eigenvalue weighted by molar-refractivity contribution is 0.329. The number of aryl methyl sites for hydroxylation is 1. The first-order valence-electron chi connectivity index (χ1n) is 9.50. The molecule has 2 rings (SSSR count). The lowest BCUT2D eigenvalue weighted by Crippen LogP contribution is -2.45. The Hall–Kier alpha value is -0.860. The second kappa shape index (κ2) is 11.7. The minimum atomic E-state index is 0. The predicted molar refractivity (Wildman–Crippen MR) is 115 cm³/mol. The number of nitrogens with zero attached hydrogens (tertiary/aromatic N) is 4. The summed E-state index contributed by atoms with van der Waals surface area (Å²) in [6.07, 6.45) is 7.84. The monoisotopic (exact) mass is 462 g/mol. The maximum absolute atomic E-state index is 4.75. The molecule has 1 aromatic heterocycles. The first-order chi connectivity index (χ1) is 11.6. The van der Waals surface area contributed by atoms with Gasteiger partial charge in [0.2, 0.25) is 0 Å². The molecule has 0 aliphatic heterocycles. The highest BCUT2D eigenvalue weighted by atomic mass is 127. The van der Waals surface area contributed by atoms with Crippen LogP contribution in [0.2, 0.25) is 0 Å². The van der Waals surface area contributed by atoms with Gasteiger partial charge in [0.1, 0.15) is 12.2 Å². The highest BCUT2D eigenvalue weighted by Gasteiger charge is 2.19. The Kier molecular flexibility index (Phi) is 10.4. The molecule has 0 unspecified atom stereocenters. The minimum absolute atomic E-state index is 0. The van der Waals surface area contributed by atoms with Crippen LogP contribution in [0.15, 0.2) is 11.3 Å². The van der Waals surface area contributed by atoms with Gasteiger partial charge in [-0.1, -0.05) is 27.7 Å². The van der Waals surface area contributed by atoms with Crippen LogP contribution in [0.1, 0.15) is 59.2 Å². The molecule has 0 bridgehead atoms. The third-order valence-electron chi connectivity index (χ3n) is 4.63. The molecule has 0 radical (unpaired) electrons. The van der Waals surface area contributed by atoms with Crippen molar-refractivity contribution in [3.8, 4) is 0 Å². The van der Waals surface area contributed by atoms with Gasteiger partial charge in [-0.25, -0.2) is 0 Å². The third kappa shape index (κ3) is 7.92. The van der Waals surface area contributed by atoms with E-state index < -0.39 is 0 Å². The minimum Gasteiger partial charge on any atom is -0.355 e. The van der Waals surface area contributed by atoms with Crippen molar-refractivity contribution in [2.75, 3.05) is 13.1 Å². The van der Waals surface area contributed by atoms with E-state index in [4.69, 9.17) is 4.99 Å².